The van der Waals surface area contributed by atoms with Gasteiger partial charge >= 0.3 is 6.09 Å². The molecule has 0 bridgehead atoms. The lowest BCUT2D eigenvalue weighted by Crippen LogP contribution is -2.51. The molecule has 1 aliphatic carbocycles. The van der Waals surface area contributed by atoms with Gasteiger partial charge in [-0.3, -0.25) is 4.90 Å². The minimum atomic E-state index is -0.156. The highest BCUT2D eigenvalue weighted by Gasteiger charge is 2.32. The first kappa shape index (κ1) is 19.0. The lowest BCUT2D eigenvalue weighted by Gasteiger charge is -2.42. The topological polar surface area (TPSA) is 32.8 Å². The third-order valence-corrected chi connectivity index (χ3v) is 5.76. The van der Waals surface area contributed by atoms with Crippen molar-refractivity contribution in [3.05, 3.63) is 47.5 Å². The van der Waals surface area contributed by atoms with E-state index < -0.39 is 0 Å². The molecule has 3 rings (SSSR count). The molecule has 1 amide bonds. The van der Waals surface area contributed by atoms with Crippen LogP contribution in [-0.4, -0.2) is 54.2 Å². The van der Waals surface area contributed by atoms with E-state index in [0.29, 0.717) is 18.7 Å². The van der Waals surface area contributed by atoms with Crippen LogP contribution in [0.25, 0.3) is 0 Å². The molecule has 4 nitrogen and oxygen atoms in total. The Labute approximate surface area is 157 Å². The third-order valence-electron chi connectivity index (χ3n) is 5.76. The SMILES string of the molecule is CCOC(=O)N(CC)C1CCN(C(Cc2ccccc2)C2=CCC2)CC1. The average molecular weight is 357 g/mol. The maximum absolute atomic E-state index is 12.2. The molecule has 26 heavy (non-hydrogen) atoms. The van der Waals surface area contributed by atoms with Crippen molar-refractivity contribution in [2.24, 2.45) is 0 Å². The maximum Gasteiger partial charge on any atom is 0.409 e. The van der Waals surface area contributed by atoms with E-state index in [-0.39, 0.29) is 6.09 Å². The van der Waals surface area contributed by atoms with Crippen LogP contribution in [0.5, 0.6) is 0 Å². The Morgan fingerprint density at radius 1 is 1.23 bits per heavy atom. The minimum absolute atomic E-state index is 0.156. The van der Waals surface area contributed by atoms with Crippen LogP contribution in [0.2, 0.25) is 0 Å². The van der Waals surface area contributed by atoms with Crippen LogP contribution in [-0.2, 0) is 11.2 Å². The molecule has 0 saturated carbocycles. The number of rotatable bonds is 7. The summed E-state index contributed by atoms with van der Waals surface area (Å²) >= 11 is 0. The van der Waals surface area contributed by atoms with Crippen LogP contribution in [0.4, 0.5) is 4.79 Å². The van der Waals surface area contributed by atoms with E-state index in [0.717, 1.165) is 38.9 Å². The second kappa shape index (κ2) is 9.22. The summed E-state index contributed by atoms with van der Waals surface area (Å²) < 4.78 is 5.23. The number of hydrogen-bond donors (Lipinski definition) is 0. The molecule has 4 heteroatoms. The standard InChI is InChI=1S/C22H32N2O2/c1-3-24(22(25)26-4-2)20-13-15-23(16-14-20)21(19-11-8-12-19)17-18-9-6-5-7-10-18/h5-7,9-11,20-21H,3-4,8,12-17H2,1-2H3. The molecular formula is C22H32N2O2. The number of amides is 1. The van der Waals surface area contributed by atoms with E-state index in [9.17, 15) is 4.79 Å². The lowest BCUT2D eigenvalue weighted by atomic mass is 9.86. The molecule has 1 fully saturated rings. The van der Waals surface area contributed by atoms with E-state index in [1.54, 1.807) is 5.57 Å². The normalized spacial score (nSPS) is 19.4. The van der Waals surface area contributed by atoms with Crippen LogP contribution in [0, 0.1) is 0 Å². The Balaban J connectivity index is 1.61. The predicted molar refractivity (Wildman–Crippen MR) is 105 cm³/mol. The first-order chi connectivity index (χ1) is 12.7. The van der Waals surface area contributed by atoms with Crippen molar-refractivity contribution < 1.29 is 9.53 Å². The van der Waals surface area contributed by atoms with Gasteiger partial charge in [0.15, 0.2) is 0 Å². The first-order valence-corrected chi connectivity index (χ1v) is 10.1. The number of piperidine rings is 1. The summed E-state index contributed by atoms with van der Waals surface area (Å²) in [6.45, 7) is 7.18. The van der Waals surface area contributed by atoms with E-state index in [4.69, 9.17) is 4.74 Å². The molecule has 0 radical (unpaired) electrons. The highest BCUT2D eigenvalue weighted by atomic mass is 16.6. The van der Waals surface area contributed by atoms with Gasteiger partial charge in [-0.25, -0.2) is 4.79 Å². The second-order valence-electron chi connectivity index (χ2n) is 7.28. The monoisotopic (exact) mass is 356 g/mol. The van der Waals surface area contributed by atoms with Gasteiger partial charge in [-0.2, -0.15) is 0 Å². The number of carbonyl (C=O) groups excluding carboxylic acids is 1. The largest absolute Gasteiger partial charge is 0.450 e. The van der Waals surface area contributed by atoms with E-state index in [2.05, 4.69) is 41.3 Å². The Hall–Kier alpha value is -1.81. The van der Waals surface area contributed by atoms with Crippen molar-refractivity contribution in [2.45, 2.75) is 58.0 Å². The Bertz CT molecular complexity index is 606. The predicted octanol–water partition coefficient (Wildman–Crippen LogP) is 4.26. The van der Waals surface area contributed by atoms with Crippen LogP contribution in [0.3, 0.4) is 0 Å². The van der Waals surface area contributed by atoms with Crippen LogP contribution in [0.1, 0.15) is 45.1 Å². The molecule has 1 heterocycles. The molecule has 2 aliphatic rings. The zero-order valence-corrected chi connectivity index (χ0v) is 16.2. The summed E-state index contributed by atoms with van der Waals surface area (Å²) in [5, 5.41) is 0. The summed E-state index contributed by atoms with van der Waals surface area (Å²) in [7, 11) is 0. The number of hydrogen-bond acceptors (Lipinski definition) is 3. The van der Waals surface area contributed by atoms with E-state index in [1.807, 2.05) is 18.7 Å². The van der Waals surface area contributed by atoms with Gasteiger partial charge in [-0.05, 0) is 51.5 Å². The highest BCUT2D eigenvalue weighted by molar-refractivity contribution is 5.68. The zero-order valence-electron chi connectivity index (χ0n) is 16.2. The maximum atomic E-state index is 12.2. The number of carbonyl (C=O) groups is 1. The molecule has 0 aromatic heterocycles. The van der Waals surface area contributed by atoms with Gasteiger partial charge in [0, 0.05) is 31.7 Å². The fourth-order valence-corrected chi connectivity index (χ4v) is 4.20. The fourth-order valence-electron chi connectivity index (χ4n) is 4.20. The van der Waals surface area contributed by atoms with Crippen LogP contribution < -0.4 is 0 Å². The quantitative estimate of drug-likeness (QED) is 0.684. The van der Waals surface area contributed by atoms with Crippen LogP contribution in [0.15, 0.2) is 42.0 Å². The van der Waals surface area contributed by atoms with Gasteiger partial charge in [0.2, 0.25) is 0 Å². The summed E-state index contributed by atoms with van der Waals surface area (Å²) in [4.78, 5) is 16.7. The van der Waals surface area contributed by atoms with E-state index >= 15 is 0 Å². The first-order valence-electron chi connectivity index (χ1n) is 10.1. The molecule has 0 N–H and O–H groups in total. The Morgan fingerprint density at radius 2 is 1.92 bits per heavy atom. The third kappa shape index (κ3) is 4.47. The number of ether oxygens (including phenoxy) is 1. The summed E-state index contributed by atoms with van der Waals surface area (Å²) in [6.07, 6.45) is 7.88. The summed E-state index contributed by atoms with van der Waals surface area (Å²) in [5.41, 5.74) is 3.01. The minimum Gasteiger partial charge on any atom is -0.450 e. The molecular weight excluding hydrogens is 324 g/mol. The van der Waals surface area contributed by atoms with Gasteiger partial charge in [-0.1, -0.05) is 42.0 Å². The number of likely N-dealkylation sites (tertiary alicyclic amines) is 1. The van der Waals surface area contributed by atoms with Gasteiger partial charge in [-0.15, -0.1) is 0 Å². The number of allylic oxidation sites excluding steroid dienone is 1. The second-order valence-corrected chi connectivity index (χ2v) is 7.28. The highest BCUT2D eigenvalue weighted by Crippen LogP contribution is 2.30. The Kier molecular flexibility index (Phi) is 6.73. The van der Waals surface area contributed by atoms with Crippen molar-refractivity contribution in [2.75, 3.05) is 26.2 Å². The average Bonchev–Trinajstić information content (AvgIpc) is 2.62. The van der Waals surface area contributed by atoms with Gasteiger partial charge in [0.25, 0.3) is 0 Å². The van der Waals surface area contributed by atoms with Gasteiger partial charge in [0.1, 0.15) is 0 Å². The molecule has 1 saturated heterocycles. The smallest absolute Gasteiger partial charge is 0.409 e. The fraction of sp³-hybridized carbons (Fsp3) is 0.591. The molecule has 1 atom stereocenters. The molecule has 0 spiro atoms. The molecule has 142 valence electrons. The Morgan fingerprint density at radius 3 is 2.46 bits per heavy atom. The lowest BCUT2D eigenvalue weighted by molar-refractivity contribution is 0.0639. The summed E-state index contributed by atoms with van der Waals surface area (Å²) in [6, 6.07) is 11.6. The van der Waals surface area contributed by atoms with Gasteiger partial charge < -0.3 is 9.64 Å². The van der Waals surface area contributed by atoms with Crippen LogP contribution >= 0.6 is 0 Å². The van der Waals surface area contributed by atoms with E-state index in [1.165, 1.54) is 18.4 Å². The van der Waals surface area contributed by atoms with Crippen molar-refractivity contribution in [1.29, 1.82) is 0 Å². The number of benzene rings is 1. The summed E-state index contributed by atoms with van der Waals surface area (Å²) in [5.74, 6) is 0. The van der Waals surface area contributed by atoms with Crippen molar-refractivity contribution in [3.63, 3.8) is 0 Å². The van der Waals surface area contributed by atoms with Crippen molar-refractivity contribution in [1.82, 2.24) is 9.80 Å². The molecule has 1 aromatic carbocycles. The molecule has 1 unspecified atom stereocenters. The van der Waals surface area contributed by atoms with Crippen molar-refractivity contribution in [3.8, 4) is 0 Å². The van der Waals surface area contributed by atoms with Crippen molar-refractivity contribution >= 4 is 6.09 Å². The molecule has 1 aliphatic heterocycles. The number of nitrogens with zero attached hydrogens (tertiary/aromatic N) is 2. The molecule has 1 aromatic rings. The zero-order chi connectivity index (χ0) is 18.4. The van der Waals surface area contributed by atoms with Gasteiger partial charge in [0.05, 0.1) is 6.61 Å².